The van der Waals surface area contributed by atoms with Gasteiger partial charge >= 0.3 is 0 Å². The minimum absolute atomic E-state index is 0.120. The van der Waals surface area contributed by atoms with Crippen LogP contribution in [0, 0.1) is 12.7 Å². The molecule has 0 bridgehead atoms. The highest BCUT2D eigenvalue weighted by atomic mass is 35.5. The molecule has 0 amide bonds. The van der Waals surface area contributed by atoms with Gasteiger partial charge in [0, 0.05) is 0 Å². The summed E-state index contributed by atoms with van der Waals surface area (Å²) in [5.74, 6) is 0.392. The van der Waals surface area contributed by atoms with Crippen molar-refractivity contribution in [3.8, 4) is 5.75 Å². The van der Waals surface area contributed by atoms with Gasteiger partial charge in [-0.1, -0.05) is 0 Å². The Bertz CT molecular complexity index is 304. The molecule has 1 rings (SSSR count). The van der Waals surface area contributed by atoms with Crippen LogP contribution in [-0.2, 0) is 0 Å². The maximum Gasteiger partial charge on any atom is 0.126 e. The number of ether oxygens (including phenoxy) is 1. The van der Waals surface area contributed by atoms with E-state index in [1.165, 1.54) is 12.1 Å². The van der Waals surface area contributed by atoms with Gasteiger partial charge in [-0.15, -0.1) is 11.6 Å². The first kappa shape index (κ1) is 11.3. The average molecular weight is 219 g/mol. The summed E-state index contributed by atoms with van der Waals surface area (Å²) >= 11 is 5.38. The summed E-state index contributed by atoms with van der Waals surface area (Å²) in [6, 6.07) is 4.43. The fourth-order valence-corrected chi connectivity index (χ4v) is 1.03. The summed E-state index contributed by atoms with van der Waals surface area (Å²) in [6.07, 6.45) is -0.693. The number of benzene rings is 1. The highest BCUT2D eigenvalue weighted by Crippen LogP contribution is 2.15. The monoisotopic (exact) mass is 218 g/mol. The summed E-state index contributed by atoms with van der Waals surface area (Å²) in [4.78, 5) is 0. The van der Waals surface area contributed by atoms with E-state index >= 15 is 0 Å². The molecule has 0 spiro atoms. The summed E-state index contributed by atoms with van der Waals surface area (Å²) in [5, 5.41) is 9.11. The highest BCUT2D eigenvalue weighted by molar-refractivity contribution is 6.18. The smallest absolute Gasteiger partial charge is 0.126 e. The Morgan fingerprint density at radius 3 is 2.86 bits per heavy atom. The van der Waals surface area contributed by atoms with Gasteiger partial charge < -0.3 is 9.84 Å². The average Bonchev–Trinajstić information content (AvgIpc) is 2.19. The largest absolute Gasteiger partial charge is 0.491 e. The van der Waals surface area contributed by atoms with Gasteiger partial charge in [-0.05, 0) is 30.7 Å². The zero-order valence-corrected chi connectivity index (χ0v) is 8.59. The fourth-order valence-electron chi connectivity index (χ4n) is 0.944. The van der Waals surface area contributed by atoms with Crippen molar-refractivity contribution >= 4 is 11.6 Å². The second-order valence-electron chi connectivity index (χ2n) is 3.03. The fraction of sp³-hybridized carbons (Fsp3) is 0.400. The van der Waals surface area contributed by atoms with Crippen molar-refractivity contribution in [1.29, 1.82) is 0 Å². The van der Waals surface area contributed by atoms with Gasteiger partial charge in [0.2, 0.25) is 0 Å². The third-order valence-electron chi connectivity index (χ3n) is 1.75. The number of aliphatic hydroxyl groups is 1. The van der Waals surface area contributed by atoms with E-state index in [1.807, 2.05) is 0 Å². The van der Waals surface area contributed by atoms with Crippen molar-refractivity contribution in [3.05, 3.63) is 29.6 Å². The second kappa shape index (κ2) is 5.17. The van der Waals surface area contributed by atoms with Gasteiger partial charge in [-0.25, -0.2) is 4.39 Å². The van der Waals surface area contributed by atoms with E-state index in [0.29, 0.717) is 11.3 Å². The molecule has 1 unspecified atom stereocenters. The van der Waals surface area contributed by atoms with Crippen LogP contribution in [0.2, 0.25) is 0 Å². The molecule has 0 radical (unpaired) electrons. The lowest BCUT2D eigenvalue weighted by atomic mass is 10.2. The molecule has 0 aliphatic carbocycles. The molecule has 1 aromatic carbocycles. The molecule has 1 aromatic rings. The summed E-state index contributed by atoms with van der Waals surface area (Å²) in [6.45, 7) is 1.77. The Morgan fingerprint density at radius 1 is 1.57 bits per heavy atom. The van der Waals surface area contributed by atoms with Crippen LogP contribution in [0.25, 0.3) is 0 Å². The number of alkyl halides is 1. The Hall–Kier alpha value is -0.800. The van der Waals surface area contributed by atoms with Crippen LogP contribution in [0.4, 0.5) is 4.39 Å². The molecule has 0 aliphatic rings. The van der Waals surface area contributed by atoms with Gasteiger partial charge in [0.25, 0.3) is 0 Å². The molecule has 0 saturated carbocycles. The first-order chi connectivity index (χ1) is 6.63. The number of hydrogen-bond donors (Lipinski definition) is 1. The number of halogens is 2. The molecule has 0 aromatic heterocycles. The predicted molar refractivity (Wildman–Crippen MR) is 53.4 cm³/mol. The molecule has 14 heavy (non-hydrogen) atoms. The van der Waals surface area contributed by atoms with E-state index in [4.69, 9.17) is 21.4 Å². The second-order valence-corrected chi connectivity index (χ2v) is 3.34. The number of rotatable bonds is 4. The van der Waals surface area contributed by atoms with Crippen LogP contribution in [0.5, 0.6) is 5.75 Å². The lowest BCUT2D eigenvalue weighted by Crippen LogP contribution is -2.18. The number of aryl methyl sites for hydroxylation is 1. The zero-order valence-electron chi connectivity index (χ0n) is 7.84. The van der Waals surface area contributed by atoms with E-state index in [-0.39, 0.29) is 18.3 Å². The minimum atomic E-state index is -0.693. The van der Waals surface area contributed by atoms with Gasteiger partial charge in [0.1, 0.15) is 24.3 Å². The van der Waals surface area contributed by atoms with E-state index in [9.17, 15) is 4.39 Å². The molecule has 0 aliphatic heterocycles. The van der Waals surface area contributed by atoms with Crippen molar-refractivity contribution in [2.24, 2.45) is 0 Å². The van der Waals surface area contributed by atoms with Gasteiger partial charge in [0.05, 0.1) is 5.88 Å². The molecule has 4 heteroatoms. The zero-order chi connectivity index (χ0) is 10.6. The van der Waals surface area contributed by atoms with Crippen molar-refractivity contribution in [1.82, 2.24) is 0 Å². The summed E-state index contributed by atoms with van der Waals surface area (Å²) < 4.78 is 18.0. The quantitative estimate of drug-likeness (QED) is 0.785. The predicted octanol–water partition coefficient (Wildman–Crippen LogP) is 2.11. The van der Waals surface area contributed by atoms with Crippen LogP contribution in [0.1, 0.15) is 5.56 Å². The molecule has 0 heterocycles. The molecule has 1 atom stereocenters. The first-order valence-corrected chi connectivity index (χ1v) is 4.80. The Labute approximate surface area is 87.3 Å². The normalized spacial score (nSPS) is 12.6. The number of aliphatic hydroxyl groups excluding tert-OH is 1. The highest BCUT2D eigenvalue weighted by Gasteiger charge is 2.04. The van der Waals surface area contributed by atoms with Crippen LogP contribution < -0.4 is 4.74 Å². The van der Waals surface area contributed by atoms with E-state index < -0.39 is 6.10 Å². The van der Waals surface area contributed by atoms with Gasteiger partial charge in [-0.3, -0.25) is 0 Å². The Balaban J connectivity index is 2.55. The van der Waals surface area contributed by atoms with Gasteiger partial charge in [-0.2, -0.15) is 0 Å². The van der Waals surface area contributed by atoms with Crippen LogP contribution in [-0.4, -0.2) is 23.7 Å². The van der Waals surface area contributed by atoms with E-state index in [0.717, 1.165) is 0 Å². The van der Waals surface area contributed by atoms with Crippen LogP contribution in [0.3, 0.4) is 0 Å². The minimum Gasteiger partial charge on any atom is -0.491 e. The Morgan fingerprint density at radius 2 is 2.29 bits per heavy atom. The molecule has 0 fully saturated rings. The van der Waals surface area contributed by atoms with E-state index in [1.54, 1.807) is 13.0 Å². The topological polar surface area (TPSA) is 29.5 Å². The number of hydrogen-bond acceptors (Lipinski definition) is 2. The lowest BCUT2D eigenvalue weighted by molar-refractivity contribution is 0.125. The maximum absolute atomic E-state index is 12.8. The SMILES string of the molecule is Cc1cc(OCC(O)CCl)ccc1F. The molecular weight excluding hydrogens is 207 g/mol. The van der Waals surface area contributed by atoms with Crippen molar-refractivity contribution in [2.45, 2.75) is 13.0 Å². The molecule has 0 saturated heterocycles. The molecule has 78 valence electrons. The summed E-state index contributed by atoms with van der Waals surface area (Å²) in [7, 11) is 0. The van der Waals surface area contributed by atoms with E-state index in [2.05, 4.69) is 0 Å². The third-order valence-corrected chi connectivity index (χ3v) is 2.11. The molecular formula is C10H12ClFO2. The lowest BCUT2D eigenvalue weighted by Gasteiger charge is -2.10. The van der Waals surface area contributed by atoms with Crippen molar-refractivity contribution in [3.63, 3.8) is 0 Å². The van der Waals surface area contributed by atoms with Crippen molar-refractivity contribution < 1.29 is 14.2 Å². The molecule has 1 N–H and O–H groups in total. The maximum atomic E-state index is 12.8. The Kier molecular flexibility index (Phi) is 4.17. The van der Waals surface area contributed by atoms with Gasteiger partial charge in [0.15, 0.2) is 0 Å². The van der Waals surface area contributed by atoms with Crippen molar-refractivity contribution in [2.75, 3.05) is 12.5 Å². The van der Waals surface area contributed by atoms with Crippen LogP contribution in [0.15, 0.2) is 18.2 Å². The molecule has 2 nitrogen and oxygen atoms in total. The standard InChI is InChI=1S/C10H12ClFO2/c1-7-4-9(2-3-10(7)12)14-6-8(13)5-11/h2-4,8,13H,5-6H2,1H3. The first-order valence-electron chi connectivity index (χ1n) is 4.26. The third kappa shape index (κ3) is 3.16. The van der Waals surface area contributed by atoms with Crippen LogP contribution >= 0.6 is 11.6 Å². The summed E-state index contributed by atoms with van der Waals surface area (Å²) in [5.41, 5.74) is 0.517.